The lowest BCUT2D eigenvalue weighted by molar-refractivity contribution is 0.217. The molecule has 0 aliphatic heterocycles. The van der Waals surface area contributed by atoms with Crippen molar-refractivity contribution in [2.45, 2.75) is 13.5 Å². The van der Waals surface area contributed by atoms with Crippen LogP contribution in [0.2, 0.25) is 0 Å². The molecule has 0 aromatic carbocycles. The Balaban J connectivity index is 2.39. The summed E-state index contributed by atoms with van der Waals surface area (Å²) >= 11 is 1.49. The third kappa shape index (κ3) is 2.98. The number of hydrogen-bond acceptors (Lipinski definition) is 4. The Morgan fingerprint density at radius 3 is 2.69 bits per heavy atom. The Hall–Kier alpha value is -1.17. The van der Waals surface area contributed by atoms with Crippen LogP contribution in [0, 0.1) is 6.92 Å². The molecule has 6 heteroatoms. The zero-order valence-corrected chi connectivity index (χ0v) is 8.68. The van der Waals surface area contributed by atoms with E-state index in [0.717, 1.165) is 10.0 Å². The molecule has 0 aliphatic carbocycles. The van der Waals surface area contributed by atoms with Gasteiger partial charge in [-0.1, -0.05) is 11.3 Å². The molecule has 1 aromatic heterocycles. The number of nitrogens with zero attached hydrogens (tertiary/aromatic N) is 3. The molecule has 0 unspecified atom stereocenters. The molecule has 0 atom stereocenters. The summed E-state index contributed by atoms with van der Waals surface area (Å²) < 4.78 is 0. The van der Waals surface area contributed by atoms with E-state index in [1.807, 2.05) is 6.92 Å². The molecule has 1 rings (SSSR count). The van der Waals surface area contributed by atoms with Crippen molar-refractivity contribution in [3.63, 3.8) is 0 Å². The van der Waals surface area contributed by atoms with Crippen LogP contribution in [-0.4, -0.2) is 35.2 Å². The monoisotopic (exact) mass is 200 g/mol. The largest absolute Gasteiger partial charge is 0.331 e. The Morgan fingerprint density at radius 1 is 1.54 bits per heavy atom. The Labute approximate surface area is 80.8 Å². The Bertz CT molecular complexity index is 296. The van der Waals surface area contributed by atoms with Crippen molar-refractivity contribution >= 4 is 17.4 Å². The average Bonchev–Trinajstić information content (AvgIpc) is 2.47. The number of amides is 2. The lowest BCUT2D eigenvalue weighted by atomic mass is 10.6. The number of urea groups is 1. The summed E-state index contributed by atoms with van der Waals surface area (Å²) in [4.78, 5) is 12.6. The molecule has 1 aromatic rings. The highest BCUT2D eigenvalue weighted by atomic mass is 32.1. The minimum absolute atomic E-state index is 0.118. The van der Waals surface area contributed by atoms with E-state index in [4.69, 9.17) is 0 Å². The van der Waals surface area contributed by atoms with E-state index in [2.05, 4.69) is 15.5 Å². The summed E-state index contributed by atoms with van der Waals surface area (Å²) in [5, 5.41) is 12.2. The van der Waals surface area contributed by atoms with Crippen LogP contribution in [-0.2, 0) is 6.54 Å². The van der Waals surface area contributed by atoms with Crippen LogP contribution in [0.25, 0.3) is 0 Å². The van der Waals surface area contributed by atoms with E-state index in [1.54, 1.807) is 14.1 Å². The summed E-state index contributed by atoms with van der Waals surface area (Å²) in [7, 11) is 3.39. The summed E-state index contributed by atoms with van der Waals surface area (Å²) in [6.07, 6.45) is 0. The molecule has 2 amide bonds. The van der Waals surface area contributed by atoms with Gasteiger partial charge in [-0.3, -0.25) is 0 Å². The zero-order chi connectivity index (χ0) is 9.84. The van der Waals surface area contributed by atoms with Crippen LogP contribution in [0.1, 0.15) is 10.0 Å². The summed E-state index contributed by atoms with van der Waals surface area (Å²) in [6, 6.07) is -0.118. The van der Waals surface area contributed by atoms with E-state index >= 15 is 0 Å². The normalized spacial score (nSPS) is 9.77. The molecule has 0 aliphatic rings. The molecule has 0 saturated carbocycles. The first kappa shape index (κ1) is 9.91. The van der Waals surface area contributed by atoms with Crippen molar-refractivity contribution in [1.29, 1.82) is 0 Å². The first-order valence-corrected chi connectivity index (χ1v) is 4.65. The molecule has 0 spiro atoms. The summed E-state index contributed by atoms with van der Waals surface area (Å²) in [5.74, 6) is 0. The second-order valence-electron chi connectivity index (χ2n) is 2.77. The number of rotatable bonds is 2. The van der Waals surface area contributed by atoms with Crippen molar-refractivity contribution < 1.29 is 4.79 Å². The maximum absolute atomic E-state index is 11.1. The molecule has 0 saturated heterocycles. The van der Waals surface area contributed by atoms with Crippen molar-refractivity contribution in [3.05, 3.63) is 10.0 Å². The molecule has 13 heavy (non-hydrogen) atoms. The van der Waals surface area contributed by atoms with Crippen LogP contribution in [0.15, 0.2) is 0 Å². The van der Waals surface area contributed by atoms with E-state index < -0.39 is 0 Å². The number of aromatic nitrogens is 2. The van der Waals surface area contributed by atoms with E-state index in [1.165, 1.54) is 16.2 Å². The van der Waals surface area contributed by atoms with Crippen molar-refractivity contribution in [2.75, 3.05) is 14.1 Å². The van der Waals surface area contributed by atoms with Gasteiger partial charge in [0.25, 0.3) is 0 Å². The molecule has 1 N–H and O–H groups in total. The van der Waals surface area contributed by atoms with Gasteiger partial charge < -0.3 is 10.2 Å². The maximum atomic E-state index is 11.1. The van der Waals surface area contributed by atoms with Crippen LogP contribution < -0.4 is 5.32 Å². The van der Waals surface area contributed by atoms with Gasteiger partial charge in [-0.15, -0.1) is 10.2 Å². The van der Waals surface area contributed by atoms with Crippen LogP contribution >= 0.6 is 11.3 Å². The third-order valence-electron chi connectivity index (χ3n) is 1.36. The van der Waals surface area contributed by atoms with Crippen molar-refractivity contribution in [2.24, 2.45) is 0 Å². The molecular formula is C7H12N4OS. The molecule has 5 nitrogen and oxygen atoms in total. The minimum Gasteiger partial charge on any atom is -0.331 e. The lowest BCUT2D eigenvalue weighted by Crippen LogP contribution is -2.33. The number of nitrogens with one attached hydrogen (secondary N) is 1. The van der Waals surface area contributed by atoms with Gasteiger partial charge in [-0.05, 0) is 6.92 Å². The summed E-state index contributed by atoms with van der Waals surface area (Å²) in [5.41, 5.74) is 0. The van der Waals surface area contributed by atoms with Gasteiger partial charge >= 0.3 is 6.03 Å². The number of hydrogen-bond donors (Lipinski definition) is 1. The van der Waals surface area contributed by atoms with Gasteiger partial charge in [-0.25, -0.2) is 4.79 Å². The molecular weight excluding hydrogens is 188 g/mol. The zero-order valence-electron chi connectivity index (χ0n) is 7.87. The highest BCUT2D eigenvalue weighted by Gasteiger charge is 2.04. The fraction of sp³-hybridized carbons (Fsp3) is 0.571. The van der Waals surface area contributed by atoms with Gasteiger partial charge in [0.1, 0.15) is 10.0 Å². The van der Waals surface area contributed by atoms with Crippen molar-refractivity contribution in [3.8, 4) is 0 Å². The van der Waals surface area contributed by atoms with E-state index in [-0.39, 0.29) is 6.03 Å². The first-order chi connectivity index (χ1) is 6.09. The first-order valence-electron chi connectivity index (χ1n) is 3.83. The molecule has 72 valence electrons. The Morgan fingerprint density at radius 2 is 2.23 bits per heavy atom. The SMILES string of the molecule is Cc1nnc(CNC(=O)N(C)C)s1. The van der Waals surface area contributed by atoms with Crippen LogP contribution in [0.3, 0.4) is 0 Å². The van der Waals surface area contributed by atoms with Crippen LogP contribution in [0.5, 0.6) is 0 Å². The Kier molecular flexibility index (Phi) is 3.18. The number of carbonyl (C=O) groups excluding carboxylic acids is 1. The number of carbonyl (C=O) groups is 1. The smallest absolute Gasteiger partial charge is 0.317 e. The van der Waals surface area contributed by atoms with Gasteiger partial charge in [0.15, 0.2) is 0 Å². The van der Waals surface area contributed by atoms with Gasteiger partial charge in [-0.2, -0.15) is 0 Å². The predicted octanol–water partition coefficient (Wildman–Crippen LogP) is 0.618. The highest BCUT2D eigenvalue weighted by Crippen LogP contribution is 2.06. The van der Waals surface area contributed by atoms with Crippen LogP contribution in [0.4, 0.5) is 4.79 Å². The van der Waals surface area contributed by atoms with Crippen molar-refractivity contribution in [1.82, 2.24) is 20.4 Å². The topological polar surface area (TPSA) is 58.1 Å². The fourth-order valence-electron chi connectivity index (χ4n) is 0.718. The fourth-order valence-corrected chi connectivity index (χ4v) is 1.37. The summed E-state index contributed by atoms with van der Waals surface area (Å²) in [6.45, 7) is 2.33. The molecule has 0 bridgehead atoms. The quantitative estimate of drug-likeness (QED) is 0.761. The second-order valence-corrected chi connectivity index (χ2v) is 4.03. The average molecular weight is 200 g/mol. The van der Waals surface area contributed by atoms with E-state index in [9.17, 15) is 4.79 Å². The molecule has 0 fully saturated rings. The number of aryl methyl sites for hydroxylation is 1. The predicted molar refractivity (Wildman–Crippen MR) is 50.6 cm³/mol. The standard InChI is InChI=1S/C7H12N4OS/c1-5-9-10-6(13-5)4-8-7(12)11(2)3/h4H2,1-3H3,(H,8,12). The van der Waals surface area contributed by atoms with Gasteiger partial charge in [0, 0.05) is 14.1 Å². The minimum atomic E-state index is -0.118. The highest BCUT2D eigenvalue weighted by molar-refractivity contribution is 7.11. The third-order valence-corrected chi connectivity index (χ3v) is 2.20. The van der Waals surface area contributed by atoms with E-state index in [0.29, 0.717) is 6.54 Å². The molecule has 0 radical (unpaired) electrons. The maximum Gasteiger partial charge on any atom is 0.317 e. The second kappa shape index (κ2) is 4.18. The lowest BCUT2D eigenvalue weighted by Gasteiger charge is -2.10. The van der Waals surface area contributed by atoms with Gasteiger partial charge in [0.2, 0.25) is 0 Å². The molecule has 1 heterocycles. The van der Waals surface area contributed by atoms with Gasteiger partial charge in [0.05, 0.1) is 6.54 Å².